The molecule has 4 heterocycles. The highest BCUT2D eigenvalue weighted by molar-refractivity contribution is 6.31. The number of halogens is 2. The number of fused-ring (bicyclic) bond motifs is 2. The molecule has 0 saturated heterocycles. The van der Waals surface area contributed by atoms with Gasteiger partial charge in [0.2, 0.25) is 0 Å². The SMILES string of the molecule is COc1ccc2cc(-c3cc(-c4cc(Nc5nc(-c6cccnc6C)nc6ccc(OC)cc56)cc(Cl)c4F)cnc3C)nc(Nc3ccccc3C(N)=O)c2c1. The molecule has 8 rings (SSSR count). The summed E-state index contributed by atoms with van der Waals surface area (Å²) < 4.78 is 27.1. The number of methoxy groups -OCH3 is 2. The fourth-order valence-electron chi connectivity index (χ4n) is 6.64. The number of carbonyl (C=O) groups is 1. The maximum absolute atomic E-state index is 16.1. The molecule has 0 fully saturated rings. The molecule has 0 unspecified atom stereocenters. The van der Waals surface area contributed by atoms with Gasteiger partial charge in [0.05, 0.1) is 41.7 Å². The Morgan fingerprint density at radius 2 is 1.47 bits per heavy atom. The highest BCUT2D eigenvalue weighted by Crippen LogP contribution is 2.38. The first-order valence-electron chi connectivity index (χ1n) is 17.8. The first kappa shape index (κ1) is 36.8. The van der Waals surface area contributed by atoms with E-state index >= 15 is 4.39 Å². The molecule has 1 amide bonds. The number of carbonyl (C=O) groups excluding carboxylic acids is 1. The van der Waals surface area contributed by atoms with E-state index in [0.717, 1.165) is 22.0 Å². The van der Waals surface area contributed by atoms with Crippen molar-refractivity contribution in [2.24, 2.45) is 5.73 Å². The number of aromatic nitrogens is 5. The standard InChI is InChI=1S/C44H34ClFN8O3/c1-23-30(9-7-15-48-23)42-52-38-14-13-29(57-4)21-35(38)44(54-42)50-27-18-33(40(46)36(45)19-27)26-16-32(24(2)49-22-26)39-17-25-11-12-28(56-3)20-34(25)43(53-39)51-37-10-6-5-8-31(37)41(47)55/h5-22H,1-4H3,(H2,47,55)(H,51,53)(H,50,52,54). The maximum atomic E-state index is 16.1. The third-order valence-electron chi connectivity index (χ3n) is 9.60. The molecule has 4 N–H and O–H groups in total. The first-order valence-corrected chi connectivity index (χ1v) is 18.1. The molecule has 4 aromatic heterocycles. The average molecular weight is 777 g/mol. The van der Waals surface area contributed by atoms with Gasteiger partial charge in [0.15, 0.2) is 5.82 Å². The van der Waals surface area contributed by atoms with Crippen molar-refractivity contribution < 1.29 is 18.7 Å². The molecule has 0 saturated carbocycles. The number of benzene rings is 4. The Hall–Kier alpha value is -7.18. The summed E-state index contributed by atoms with van der Waals surface area (Å²) in [6.07, 6.45) is 3.31. The van der Waals surface area contributed by atoms with Crippen LogP contribution in [0.4, 0.5) is 27.4 Å². The van der Waals surface area contributed by atoms with Crippen molar-refractivity contribution in [1.82, 2.24) is 24.9 Å². The van der Waals surface area contributed by atoms with Crippen LogP contribution in [0.5, 0.6) is 11.5 Å². The zero-order valence-electron chi connectivity index (χ0n) is 31.2. The largest absolute Gasteiger partial charge is 0.497 e. The maximum Gasteiger partial charge on any atom is 0.250 e. The highest BCUT2D eigenvalue weighted by atomic mass is 35.5. The number of amides is 1. The Kier molecular flexibility index (Phi) is 9.78. The molecule has 282 valence electrons. The molecule has 8 aromatic rings. The Labute approximate surface area is 331 Å². The van der Waals surface area contributed by atoms with Gasteiger partial charge < -0.3 is 25.8 Å². The zero-order chi connectivity index (χ0) is 39.8. The molecule has 0 aliphatic heterocycles. The smallest absolute Gasteiger partial charge is 0.250 e. The van der Waals surface area contributed by atoms with Crippen LogP contribution < -0.4 is 25.8 Å². The van der Waals surface area contributed by atoms with E-state index in [1.54, 1.807) is 56.9 Å². The van der Waals surface area contributed by atoms with Gasteiger partial charge in [0.1, 0.15) is 29.0 Å². The van der Waals surface area contributed by atoms with Gasteiger partial charge in [-0.3, -0.25) is 14.8 Å². The van der Waals surface area contributed by atoms with Crippen LogP contribution in [0.1, 0.15) is 21.7 Å². The number of nitrogens with zero attached hydrogens (tertiary/aromatic N) is 5. The van der Waals surface area contributed by atoms with Crippen molar-refractivity contribution >= 4 is 62.2 Å². The van der Waals surface area contributed by atoms with Crippen LogP contribution in [0.25, 0.3) is 55.4 Å². The number of ether oxygens (including phenoxy) is 2. The molecule has 11 nitrogen and oxygen atoms in total. The topological polar surface area (TPSA) is 150 Å². The second kappa shape index (κ2) is 15.2. The lowest BCUT2D eigenvalue weighted by atomic mass is 10.00. The van der Waals surface area contributed by atoms with Gasteiger partial charge in [-0.15, -0.1) is 0 Å². The summed E-state index contributed by atoms with van der Waals surface area (Å²) >= 11 is 6.60. The lowest BCUT2D eigenvalue weighted by molar-refractivity contribution is 0.100. The fourth-order valence-corrected chi connectivity index (χ4v) is 6.86. The molecule has 0 aliphatic rings. The lowest BCUT2D eigenvalue weighted by Gasteiger charge is -2.16. The van der Waals surface area contributed by atoms with Gasteiger partial charge in [0, 0.05) is 62.5 Å². The molecule has 4 aromatic carbocycles. The fraction of sp³-hybridized carbons (Fsp3) is 0.0909. The van der Waals surface area contributed by atoms with Crippen LogP contribution in [0, 0.1) is 19.7 Å². The number of para-hydroxylation sites is 1. The summed E-state index contributed by atoms with van der Waals surface area (Å²) in [7, 11) is 3.17. The van der Waals surface area contributed by atoms with Gasteiger partial charge in [-0.25, -0.2) is 19.3 Å². The van der Waals surface area contributed by atoms with Crippen LogP contribution in [0.15, 0.2) is 109 Å². The third kappa shape index (κ3) is 7.21. The summed E-state index contributed by atoms with van der Waals surface area (Å²) in [5.41, 5.74) is 11.7. The number of rotatable bonds is 10. The summed E-state index contributed by atoms with van der Waals surface area (Å²) in [4.78, 5) is 36.1. The Balaban J connectivity index is 1.23. The Bertz CT molecular complexity index is 2890. The molecule has 0 spiro atoms. The van der Waals surface area contributed by atoms with Crippen LogP contribution >= 0.6 is 11.6 Å². The number of nitrogens with two attached hydrogens (primary N) is 1. The molecule has 0 radical (unpaired) electrons. The number of nitrogens with one attached hydrogen (secondary N) is 2. The van der Waals surface area contributed by atoms with Gasteiger partial charge in [-0.2, -0.15) is 0 Å². The number of primary amides is 1. The summed E-state index contributed by atoms with van der Waals surface area (Å²) in [5, 5.41) is 8.84. The molecular weight excluding hydrogens is 743 g/mol. The molecular formula is C44H34ClFN8O3. The Morgan fingerprint density at radius 1 is 0.737 bits per heavy atom. The summed E-state index contributed by atoms with van der Waals surface area (Å²) in [5.74, 6) is 1.42. The second-order valence-electron chi connectivity index (χ2n) is 13.2. The minimum atomic E-state index is -0.622. The van der Waals surface area contributed by atoms with Crippen molar-refractivity contribution in [2.45, 2.75) is 13.8 Å². The van der Waals surface area contributed by atoms with E-state index in [1.165, 1.54) is 6.07 Å². The normalized spacial score (nSPS) is 11.1. The molecule has 0 atom stereocenters. The van der Waals surface area contributed by atoms with Gasteiger partial charge in [-0.05, 0) is 98.1 Å². The number of hydrogen-bond donors (Lipinski definition) is 3. The second-order valence-corrected chi connectivity index (χ2v) is 13.6. The van der Waals surface area contributed by atoms with Crippen LogP contribution in [0.2, 0.25) is 5.02 Å². The van der Waals surface area contributed by atoms with E-state index < -0.39 is 11.7 Å². The quantitative estimate of drug-likeness (QED) is 0.122. The van der Waals surface area contributed by atoms with E-state index in [0.29, 0.717) is 79.3 Å². The lowest BCUT2D eigenvalue weighted by Crippen LogP contribution is -2.13. The van der Waals surface area contributed by atoms with Crippen molar-refractivity contribution in [3.63, 3.8) is 0 Å². The Morgan fingerprint density at radius 3 is 2.25 bits per heavy atom. The zero-order valence-corrected chi connectivity index (χ0v) is 31.9. The van der Waals surface area contributed by atoms with Gasteiger partial charge in [0.25, 0.3) is 5.91 Å². The number of anilines is 4. The van der Waals surface area contributed by atoms with E-state index in [9.17, 15) is 4.79 Å². The van der Waals surface area contributed by atoms with E-state index in [-0.39, 0.29) is 10.6 Å². The average Bonchev–Trinajstić information content (AvgIpc) is 3.22. The van der Waals surface area contributed by atoms with Crippen molar-refractivity contribution in [3.8, 4) is 45.3 Å². The van der Waals surface area contributed by atoms with Crippen molar-refractivity contribution in [1.29, 1.82) is 0 Å². The van der Waals surface area contributed by atoms with Gasteiger partial charge in [-0.1, -0.05) is 29.8 Å². The molecule has 0 aliphatic carbocycles. The van der Waals surface area contributed by atoms with Crippen LogP contribution in [-0.4, -0.2) is 45.0 Å². The highest BCUT2D eigenvalue weighted by Gasteiger charge is 2.19. The predicted octanol–water partition coefficient (Wildman–Crippen LogP) is 9.98. The third-order valence-corrected chi connectivity index (χ3v) is 9.88. The monoisotopic (exact) mass is 776 g/mol. The minimum absolute atomic E-state index is 0.103. The van der Waals surface area contributed by atoms with E-state index in [2.05, 4.69) is 20.6 Å². The van der Waals surface area contributed by atoms with E-state index in [4.69, 9.17) is 41.8 Å². The van der Waals surface area contributed by atoms with Crippen molar-refractivity contribution in [2.75, 3.05) is 24.9 Å². The molecule has 0 bridgehead atoms. The number of hydrogen-bond acceptors (Lipinski definition) is 10. The molecule has 57 heavy (non-hydrogen) atoms. The van der Waals surface area contributed by atoms with Crippen LogP contribution in [-0.2, 0) is 0 Å². The number of aryl methyl sites for hydroxylation is 2. The van der Waals surface area contributed by atoms with Gasteiger partial charge >= 0.3 is 0 Å². The van der Waals surface area contributed by atoms with Crippen molar-refractivity contribution in [3.05, 3.63) is 137 Å². The predicted molar refractivity (Wildman–Crippen MR) is 222 cm³/mol. The summed E-state index contributed by atoms with van der Waals surface area (Å²) in [6.45, 7) is 3.75. The first-order chi connectivity index (χ1) is 27.6. The van der Waals surface area contributed by atoms with Crippen LogP contribution in [0.3, 0.4) is 0 Å². The minimum Gasteiger partial charge on any atom is -0.497 e. The summed E-state index contributed by atoms with van der Waals surface area (Å²) in [6, 6.07) is 28.7. The van der Waals surface area contributed by atoms with E-state index in [1.807, 2.05) is 74.5 Å². The number of pyridine rings is 3. The molecule has 13 heteroatoms.